The van der Waals surface area contributed by atoms with Crippen LogP contribution >= 0.6 is 0 Å². The first-order valence-electron chi connectivity index (χ1n) is 6.46. The molecule has 0 amide bonds. The van der Waals surface area contributed by atoms with E-state index in [1.165, 1.54) is 0 Å². The van der Waals surface area contributed by atoms with Gasteiger partial charge in [0, 0.05) is 18.7 Å². The quantitative estimate of drug-likeness (QED) is 0.886. The van der Waals surface area contributed by atoms with Crippen LogP contribution in [0.3, 0.4) is 0 Å². The average Bonchev–Trinajstić information content (AvgIpc) is 2.41. The van der Waals surface area contributed by atoms with Crippen LogP contribution in [0.5, 0.6) is 11.5 Å². The third-order valence-corrected chi connectivity index (χ3v) is 3.35. The van der Waals surface area contributed by atoms with E-state index in [4.69, 9.17) is 9.47 Å². The van der Waals surface area contributed by atoms with E-state index in [2.05, 4.69) is 11.8 Å². The summed E-state index contributed by atoms with van der Waals surface area (Å²) in [7, 11) is 0. The molecule has 0 aromatic heterocycles. The fraction of sp³-hybridized carbons (Fsp3) is 0.571. The number of phenolic OH excluding ortho intramolecular Hbond substituents is 1. The minimum atomic E-state index is 0.112. The molecule has 1 saturated heterocycles. The van der Waals surface area contributed by atoms with Crippen LogP contribution in [0.4, 0.5) is 0 Å². The average molecular weight is 251 g/mol. The number of benzene rings is 1. The Morgan fingerprint density at radius 3 is 3.11 bits per heavy atom. The van der Waals surface area contributed by atoms with Crippen molar-refractivity contribution in [3.63, 3.8) is 0 Å². The van der Waals surface area contributed by atoms with Crippen LogP contribution in [0.2, 0.25) is 0 Å². The zero-order valence-corrected chi connectivity index (χ0v) is 11.1. The Bertz CT molecular complexity index is 395. The molecule has 1 unspecified atom stereocenters. The second-order valence-electron chi connectivity index (χ2n) is 4.60. The van der Waals surface area contributed by atoms with Gasteiger partial charge in [0.05, 0.1) is 6.61 Å². The summed E-state index contributed by atoms with van der Waals surface area (Å²) in [6.07, 6.45) is 0.112. The van der Waals surface area contributed by atoms with Crippen LogP contribution in [0.15, 0.2) is 18.2 Å². The largest absolute Gasteiger partial charge is 0.508 e. The van der Waals surface area contributed by atoms with Gasteiger partial charge in [-0.05, 0) is 25.6 Å². The topological polar surface area (TPSA) is 41.9 Å². The highest BCUT2D eigenvalue weighted by Gasteiger charge is 2.20. The summed E-state index contributed by atoms with van der Waals surface area (Å²) in [5.74, 6) is 1.000. The van der Waals surface area contributed by atoms with Gasteiger partial charge < -0.3 is 14.6 Å². The second kappa shape index (κ2) is 6.07. The monoisotopic (exact) mass is 251 g/mol. The fourth-order valence-electron chi connectivity index (χ4n) is 2.11. The lowest BCUT2D eigenvalue weighted by Crippen LogP contribution is -2.44. The third-order valence-electron chi connectivity index (χ3n) is 3.35. The lowest BCUT2D eigenvalue weighted by Gasteiger charge is -2.31. The molecule has 1 fully saturated rings. The molecule has 0 bridgehead atoms. The smallest absolute Gasteiger partial charge is 0.126 e. The molecule has 4 nitrogen and oxygen atoms in total. The third kappa shape index (κ3) is 3.15. The lowest BCUT2D eigenvalue weighted by molar-refractivity contribution is -0.0465. The molecule has 4 heteroatoms. The van der Waals surface area contributed by atoms with Gasteiger partial charge in [-0.3, -0.25) is 4.90 Å². The first-order valence-corrected chi connectivity index (χ1v) is 6.46. The van der Waals surface area contributed by atoms with E-state index in [-0.39, 0.29) is 11.9 Å². The van der Waals surface area contributed by atoms with E-state index in [0.717, 1.165) is 37.6 Å². The van der Waals surface area contributed by atoms with Crippen LogP contribution in [-0.2, 0) is 4.74 Å². The van der Waals surface area contributed by atoms with E-state index >= 15 is 0 Å². The molecular formula is C14H21NO3. The zero-order chi connectivity index (χ0) is 13.0. The standard InChI is InChI=1S/C14H21NO3/c1-3-15-7-8-17-12(9-15)10-18-14-6-4-5-13(16)11(14)2/h4-6,12,16H,3,7-10H2,1-2H3. The van der Waals surface area contributed by atoms with Crippen molar-refractivity contribution < 1.29 is 14.6 Å². The molecule has 1 aliphatic rings. The van der Waals surface area contributed by atoms with E-state index in [1.807, 2.05) is 13.0 Å². The number of nitrogens with zero attached hydrogens (tertiary/aromatic N) is 1. The summed E-state index contributed by atoms with van der Waals surface area (Å²) >= 11 is 0. The van der Waals surface area contributed by atoms with E-state index in [1.54, 1.807) is 12.1 Å². The van der Waals surface area contributed by atoms with E-state index < -0.39 is 0 Å². The molecule has 18 heavy (non-hydrogen) atoms. The Morgan fingerprint density at radius 2 is 2.33 bits per heavy atom. The molecule has 1 aromatic rings. The van der Waals surface area contributed by atoms with Gasteiger partial charge in [-0.15, -0.1) is 0 Å². The number of phenols is 1. The number of rotatable bonds is 4. The molecule has 0 saturated carbocycles. The lowest BCUT2D eigenvalue weighted by atomic mass is 10.2. The van der Waals surface area contributed by atoms with Crippen molar-refractivity contribution in [2.24, 2.45) is 0 Å². The molecule has 1 heterocycles. The fourth-order valence-corrected chi connectivity index (χ4v) is 2.11. The predicted octanol–water partition coefficient (Wildman–Crippen LogP) is 1.80. The molecule has 1 N–H and O–H groups in total. The molecule has 0 radical (unpaired) electrons. The van der Waals surface area contributed by atoms with Gasteiger partial charge in [0.15, 0.2) is 0 Å². The van der Waals surface area contributed by atoms with Crippen molar-refractivity contribution in [3.8, 4) is 11.5 Å². The summed E-state index contributed by atoms with van der Waals surface area (Å²) in [5, 5.41) is 9.60. The normalized spacial score (nSPS) is 20.9. The van der Waals surface area contributed by atoms with Gasteiger partial charge in [-0.1, -0.05) is 13.0 Å². The van der Waals surface area contributed by atoms with E-state index in [9.17, 15) is 5.11 Å². The van der Waals surface area contributed by atoms with Gasteiger partial charge in [-0.25, -0.2) is 0 Å². The minimum Gasteiger partial charge on any atom is -0.508 e. The number of ether oxygens (including phenoxy) is 2. The summed E-state index contributed by atoms with van der Waals surface area (Å²) in [6, 6.07) is 5.32. The Morgan fingerprint density at radius 1 is 1.50 bits per heavy atom. The molecule has 0 spiro atoms. The van der Waals surface area contributed by atoms with Crippen molar-refractivity contribution in [1.29, 1.82) is 0 Å². The van der Waals surface area contributed by atoms with Crippen LogP contribution in [0.25, 0.3) is 0 Å². The van der Waals surface area contributed by atoms with Crippen molar-refractivity contribution in [3.05, 3.63) is 23.8 Å². The summed E-state index contributed by atoms with van der Waals surface area (Å²) in [6.45, 7) is 8.26. The van der Waals surface area contributed by atoms with Crippen molar-refractivity contribution in [2.45, 2.75) is 20.0 Å². The van der Waals surface area contributed by atoms with Gasteiger partial charge in [0.1, 0.15) is 24.2 Å². The van der Waals surface area contributed by atoms with Crippen LogP contribution < -0.4 is 4.74 Å². The summed E-state index contributed by atoms with van der Waals surface area (Å²) in [4.78, 5) is 2.35. The van der Waals surface area contributed by atoms with Gasteiger partial charge in [-0.2, -0.15) is 0 Å². The second-order valence-corrected chi connectivity index (χ2v) is 4.60. The molecule has 0 aliphatic carbocycles. The molecule has 2 rings (SSSR count). The summed E-state index contributed by atoms with van der Waals surface area (Å²) < 4.78 is 11.4. The van der Waals surface area contributed by atoms with Crippen LogP contribution in [0.1, 0.15) is 12.5 Å². The highest BCUT2D eigenvalue weighted by molar-refractivity contribution is 5.42. The maximum Gasteiger partial charge on any atom is 0.126 e. The highest BCUT2D eigenvalue weighted by atomic mass is 16.5. The van der Waals surface area contributed by atoms with Gasteiger partial charge in [0.2, 0.25) is 0 Å². The number of hydrogen-bond donors (Lipinski definition) is 1. The first-order chi connectivity index (χ1) is 8.70. The highest BCUT2D eigenvalue weighted by Crippen LogP contribution is 2.26. The number of likely N-dealkylation sites (N-methyl/N-ethyl adjacent to an activating group) is 1. The zero-order valence-electron chi connectivity index (χ0n) is 11.1. The van der Waals surface area contributed by atoms with Crippen LogP contribution in [-0.4, -0.2) is 49.0 Å². The molecule has 1 aromatic carbocycles. The van der Waals surface area contributed by atoms with Crippen molar-refractivity contribution in [2.75, 3.05) is 32.8 Å². The Kier molecular flexibility index (Phi) is 4.44. The number of hydrogen-bond acceptors (Lipinski definition) is 4. The maximum atomic E-state index is 9.60. The maximum absolute atomic E-state index is 9.60. The molecule has 1 atom stereocenters. The van der Waals surface area contributed by atoms with Crippen LogP contribution in [0, 0.1) is 6.92 Å². The van der Waals surface area contributed by atoms with Gasteiger partial charge in [0.25, 0.3) is 0 Å². The van der Waals surface area contributed by atoms with E-state index in [0.29, 0.717) is 6.61 Å². The van der Waals surface area contributed by atoms with Crippen molar-refractivity contribution >= 4 is 0 Å². The predicted molar refractivity (Wildman–Crippen MR) is 70.2 cm³/mol. The van der Waals surface area contributed by atoms with Crippen molar-refractivity contribution in [1.82, 2.24) is 4.90 Å². The molecular weight excluding hydrogens is 230 g/mol. The molecule has 1 aliphatic heterocycles. The number of aromatic hydroxyl groups is 1. The minimum absolute atomic E-state index is 0.112. The Balaban J connectivity index is 1.89. The number of morpholine rings is 1. The SMILES string of the molecule is CCN1CCOC(COc2cccc(O)c2C)C1. The molecule has 100 valence electrons. The Labute approximate surface area is 108 Å². The Hall–Kier alpha value is -1.26. The first kappa shape index (κ1) is 13.2. The summed E-state index contributed by atoms with van der Waals surface area (Å²) in [5.41, 5.74) is 0.778. The van der Waals surface area contributed by atoms with Gasteiger partial charge >= 0.3 is 0 Å².